The van der Waals surface area contributed by atoms with E-state index < -0.39 is 35.0 Å². The smallest absolute Gasteiger partial charge is 0.312 e. The maximum Gasteiger partial charge on any atom is 0.312 e. The second-order valence-electron chi connectivity index (χ2n) is 10.2. The number of hydrogen-bond donors (Lipinski definition) is 1. The van der Waals surface area contributed by atoms with Crippen LogP contribution in [-0.4, -0.2) is 76.2 Å². The number of aliphatic hydroxyl groups is 1. The van der Waals surface area contributed by atoms with Crippen LogP contribution in [-0.2, 0) is 30.4 Å². The highest BCUT2D eigenvalue weighted by molar-refractivity contribution is 5.98. The minimum absolute atomic E-state index is 0.00958. The van der Waals surface area contributed by atoms with Crippen LogP contribution in [0.2, 0.25) is 0 Å². The van der Waals surface area contributed by atoms with Gasteiger partial charge in [0.1, 0.15) is 17.6 Å². The fraction of sp³-hybridized carbons (Fsp3) is 0.552. The van der Waals surface area contributed by atoms with E-state index in [1.165, 1.54) is 4.90 Å². The molecule has 5 atom stereocenters. The molecule has 1 spiro atoms. The van der Waals surface area contributed by atoms with Crippen molar-refractivity contribution < 1.29 is 29.0 Å². The Labute approximate surface area is 218 Å². The molecule has 0 saturated carbocycles. The first kappa shape index (κ1) is 27.1. The van der Waals surface area contributed by atoms with Gasteiger partial charge in [-0.2, -0.15) is 0 Å². The molecule has 37 heavy (non-hydrogen) atoms. The van der Waals surface area contributed by atoms with Crippen molar-refractivity contribution in [2.24, 2.45) is 11.8 Å². The summed E-state index contributed by atoms with van der Waals surface area (Å²) in [4.78, 5) is 44.6. The predicted molar refractivity (Wildman–Crippen MR) is 138 cm³/mol. The average molecular weight is 511 g/mol. The SMILES string of the molecule is C=CCCCOC(=O)[C@H]1[C@H]2C(=O)N(CCO)C(C(=O)N(CC=C)Cc3ccccc3)C23CC[C@]1(CC)O3. The number of esters is 1. The van der Waals surface area contributed by atoms with Crippen molar-refractivity contribution in [3.63, 3.8) is 0 Å². The quantitative estimate of drug-likeness (QED) is 0.249. The molecular weight excluding hydrogens is 472 g/mol. The van der Waals surface area contributed by atoms with Gasteiger partial charge in [0.2, 0.25) is 11.8 Å². The maximum absolute atomic E-state index is 14.2. The normalized spacial score (nSPS) is 29.7. The summed E-state index contributed by atoms with van der Waals surface area (Å²) in [7, 11) is 0. The van der Waals surface area contributed by atoms with Crippen LogP contribution in [0.4, 0.5) is 0 Å². The summed E-state index contributed by atoms with van der Waals surface area (Å²) in [5, 5.41) is 9.81. The molecule has 2 amide bonds. The molecule has 1 aromatic rings. The molecule has 4 rings (SSSR count). The number of hydrogen-bond acceptors (Lipinski definition) is 6. The number of aliphatic hydroxyl groups excluding tert-OH is 1. The van der Waals surface area contributed by atoms with Gasteiger partial charge < -0.3 is 24.4 Å². The van der Waals surface area contributed by atoms with Crippen LogP contribution in [0, 0.1) is 11.8 Å². The predicted octanol–water partition coefficient (Wildman–Crippen LogP) is 2.86. The van der Waals surface area contributed by atoms with Crippen LogP contribution in [0.1, 0.15) is 44.6 Å². The number of benzene rings is 1. The van der Waals surface area contributed by atoms with E-state index in [0.717, 1.165) is 12.0 Å². The summed E-state index contributed by atoms with van der Waals surface area (Å²) in [6.07, 6.45) is 6.39. The third-order valence-electron chi connectivity index (χ3n) is 8.18. The summed E-state index contributed by atoms with van der Waals surface area (Å²) in [6, 6.07) is 8.69. The van der Waals surface area contributed by atoms with E-state index in [4.69, 9.17) is 9.47 Å². The highest BCUT2D eigenvalue weighted by Gasteiger charge is 2.79. The number of rotatable bonds is 13. The molecule has 1 N–H and O–H groups in total. The molecule has 3 heterocycles. The summed E-state index contributed by atoms with van der Waals surface area (Å²) in [6.45, 7) is 10.0. The minimum atomic E-state index is -1.14. The molecule has 0 aliphatic carbocycles. The van der Waals surface area contributed by atoms with Crippen LogP contribution >= 0.6 is 0 Å². The van der Waals surface area contributed by atoms with E-state index in [0.29, 0.717) is 38.8 Å². The number of amides is 2. The van der Waals surface area contributed by atoms with E-state index in [1.807, 2.05) is 37.3 Å². The number of fused-ring (bicyclic) bond motifs is 1. The monoisotopic (exact) mass is 510 g/mol. The van der Waals surface area contributed by atoms with Gasteiger partial charge in [0.05, 0.1) is 24.7 Å². The molecule has 1 aromatic carbocycles. The number of carbonyl (C=O) groups excluding carboxylic acids is 3. The molecule has 3 aliphatic rings. The Morgan fingerprint density at radius 2 is 2.00 bits per heavy atom. The van der Waals surface area contributed by atoms with E-state index in [-0.39, 0.29) is 31.6 Å². The fourth-order valence-corrected chi connectivity index (χ4v) is 6.56. The third-order valence-corrected chi connectivity index (χ3v) is 8.18. The van der Waals surface area contributed by atoms with Gasteiger partial charge in [0.25, 0.3) is 0 Å². The standard InChI is InChI=1S/C29H38N2O6/c1-4-7-11-19-36-27(35)23-22-25(33)31(17-18-32)24(29(22)15-14-28(23,6-3)37-29)26(34)30(16-5-2)20-21-12-9-8-10-13-21/h4-5,8-10,12-13,22-24,32H,1-2,6-7,11,14-20H2,3H3/t22-,23+,24?,28-,29?/m0/s1. The average Bonchev–Trinajstić information content (AvgIpc) is 3.51. The number of nitrogens with zero attached hydrogens (tertiary/aromatic N) is 2. The molecule has 8 nitrogen and oxygen atoms in total. The maximum atomic E-state index is 14.2. The second kappa shape index (κ2) is 11.2. The summed E-state index contributed by atoms with van der Waals surface area (Å²) >= 11 is 0. The largest absolute Gasteiger partial charge is 0.465 e. The number of allylic oxidation sites excluding steroid dienone is 1. The Bertz CT molecular complexity index is 1030. The lowest BCUT2D eigenvalue weighted by atomic mass is 9.65. The number of ether oxygens (including phenoxy) is 2. The van der Waals surface area contributed by atoms with Crippen LogP contribution in [0.3, 0.4) is 0 Å². The Hall–Kier alpha value is -2.97. The van der Waals surface area contributed by atoms with Crippen LogP contribution in [0.15, 0.2) is 55.6 Å². The second-order valence-corrected chi connectivity index (χ2v) is 10.2. The Morgan fingerprint density at radius 1 is 1.24 bits per heavy atom. The van der Waals surface area contributed by atoms with Crippen molar-refractivity contribution >= 4 is 17.8 Å². The van der Waals surface area contributed by atoms with Crippen molar-refractivity contribution in [1.29, 1.82) is 0 Å². The fourth-order valence-electron chi connectivity index (χ4n) is 6.56. The molecule has 200 valence electrons. The summed E-state index contributed by atoms with van der Waals surface area (Å²) in [5.41, 5.74) is -1.03. The Kier molecular flexibility index (Phi) is 8.19. The molecule has 0 radical (unpaired) electrons. The molecule has 3 aliphatic heterocycles. The van der Waals surface area contributed by atoms with Crippen LogP contribution in [0.25, 0.3) is 0 Å². The van der Waals surface area contributed by atoms with Gasteiger partial charge in [0.15, 0.2) is 0 Å². The van der Waals surface area contributed by atoms with Gasteiger partial charge >= 0.3 is 5.97 Å². The van der Waals surface area contributed by atoms with Crippen molar-refractivity contribution in [2.45, 2.75) is 62.8 Å². The van der Waals surface area contributed by atoms with Gasteiger partial charge in [0, 0.05) is 19.6 Å². The molecule has 3 saturated heterocycles. The zero-order valence-electron chi connectivity index (χ0n) is 21.6. The topological polar surface area (TPSA) is 96.4 Å². The molecule has 0 aromatic heterocycles. The number of likely N-dealkylation sites (tertiary alicyclic amines) is 1. The van der Waals surface area contributed by atoms with Crippen molar-refractivity contribution in [1.82, 2.24) is 9.80 Å². The zero-order valence-corrected chi connectivity index (χ0v) is 21.6. The summed E-state index contributed by atoms with van der Waals surface area (Å²) in [5.74, 6) is -2.65. The van der Waals surface area contributed by atoms with Crippen molar-refractivity contribution in [3.05, 3.63) is 61.2 Å². The first-order valence-corrected chi connectivity index (χ1v) is 13.2. The lowest BCUT2D eigenvalue weighted by Crippen LogP contribution is -2.56. The molecular formula is C29H38N2O6. The Morgan fingerprint density at radius 3 is 2.65 bits per heavy atom. The van der Waals surface area contributed by atoms with E-state index >= 15 is 0 Å². The van der Waals surface area contributed by atoms with Gasteiger partial charge in [-0.1, -0.05) is 49.4 Å². The van der Waals surface area contributed by atoms with Gasteiger partial charge in [-0.3, -0.25) is 14.4 Å². The van der Waals surface area contributed by atoms with Gasteiger partial charge in [-0.25, -0.2) is 0 Å². The van der Waals surface area contributed by atoms with Crippen molar-refractivity contribution in [2.75, 3.05) is 26.3 Å². The molecule has 2 unspecified atom stereocenters. The lowest BCUT2D eigenvalue weighted by molar-refractivity contribution is -0.162. The number of β-amino-alcohol motifs (C(OH)–C–C–N with tert-alkyl or cyclic N) is 1. The van der Waals surface area contributed by atoms with E-state index in [1.54, 1.807) is 17.1 Å². The number of carbonyl (C=O) groups is 3. The van der Waals surface area contributed by atoms with Crippen molar-refractivity contribution in [3.8, 4) is 0 Å². The molecule has 2 bridgehead atoms. The first-order valence-electron chi connectivity index (χ1n) is 13.2. The number of unbranched alkanes of at least 4 members (excludes halogenated alkanes) is 1. The van der Waals surface area contributed by atoms with E-state index in [9.17, 15) is 19.5 Å². The molecule has 3 fully saturated rings. The van der Waals surface area contributed by atoms with E-state index in [2.05, 4.69) is 13.2 Å². The van der Waals surface area contributed by atoms with Gasteiger partial charge in [-0.05, 0) is 37.7 Å². The van der Waals surface area contributed by atoms with Crippen LogP contribution in [0.5, 0.6) is 0 Å². The highest BCUT2D eigenvalue weighted by atomic mass is 16.6. The highest BCUT2D eigenvalue weighted by Crippen LogP contribution is 2.64. The summed E-state index contributed by atoms with van der Waals surface area (Å²) < 4.78 is 12.3. The van der Waals surface area contributed by atoms with Gasteiger partial charge in [-0.15, -0.1) is 13.2 Å². The van der Waals surface area contributed by atoms with Crippen LogP contribution < -0.4 is 0 Å². The minimum Gasteiger partial charge on any atom is -0.465 e. The third kappa shape index (κ3) is 4.61. The lowest BCUT2D eigenvalue weighted by Gasteiger charge is -2.36. The molecule has 8 heteroatoms. The zero-order chi connectivity index (χ0) is 26.6. The Balaban J connectivity index is 1.69. The first-order chi connectivity index (χ1) is 17.9.